The van der Waals surface area contributed by atoms with Gasteiger partial charge in [0, 0.05) is 19.5 Å². The van der Waals surface area contributed by atoms with Crippen molar-refractivity contribution < 1.29 is 23.0 Å². The largest absolute Gasteiger partial charge is 0.418 e. The summed E-state index contributed by atoms with van der Waals surface area (Å²) in [5.41, 5.74) is -4.35. The Hall–Kier alpha value is -2.00. The van der Waals surface area contributed by atoms with E-state index in [4.69, 9.17) is 0 Å². The number of halogens is 6. The van der Waals surface area contributed by atoms with Gasteiger partial charge in [-0.15, -0.1) is 0 Å². The standard InChI is InChI=1S/C17H7Br2F3IN3O4/c18-12-8-3-1-2-4-9(8)15(13(19)14(12)23)24-16-10(17(20,21)22)5-7(25(27)28)6-11(16)26(29)30/h1-6,24H. The molecule has 0 saturated carbocycles. The third-order valence-corrected chi connectivity index (χ3v) is 8.28. The molecule has 0 aliphatic carbocycles. The number of hydrogen-bond acceptors (Lipinski definition) is 5. The maximum atomic E-state index is 13.7. The number of non-ortho nitro benzene ring substituents is 1. The van der Waals surface area contributed by atoms with Crippen LogP contribution in [0.4, 0.5) is 35.9 Å². The van der Waals surface area contributed by atoms with Gasteiger partial charge in [-0.25, -0.2) is 0 Å². The Morgan fingerprint density at radius 2 is 1.53 bits per heavy atom. The molecule has 0 aliphatic heterocycles. The van der Waals surface area contributed by atoms with Crippen LogP contribution >= 0.6 is 54.5 Å². The first kappa shape index (κ1) is 22.7. The summed E-state index contributed by atoms with van der Waals surface area (Å²) in [5.74, 6) is 0. The normalized spacial score (nSPS) is 11.5. The molecular weight excluding hydrogens is 654 g/mol. The van der Waals surface area contributed by atoms with E-state index in [-0.39, 0.29) is 11.8 Å². The number of hydrogen-bond donors (Lipinski definition) is 1. The molecule has 1 N–H and O–H groups in total. The number of nitro benzene ring substituents is 2. The smallest absolute Gasteiger partial charge is 0.348 e. The summed E-state index contributed by atoms with van der Waals surface area (Å²) in [6.07, 6.45) is -5.08. The third-order valence-electron chi connectivity index (χ3n) is 4.10. The molecule has 3 aromatic rings. The van der Waals surface area contributed by atoms with Crippen LogP contribution in [0.1, 0.15) is 5.56 Å². The van der Waals surface area contributed by atoms with Crippen molar-refractivity contribution in [3.05, 3.63) is 74.7 Å². The first-order valence-corrected chi connectivity index (χ1v) is 10.5. The highest BCUT2D eigenvalue weighted by atomic mass is 127. The van der Waals surface area contributed by atoms with Gasteiger partial charge in [0.1, 0.15) is 5.69 Å². The minimum atomic E-state index is -5.08. The van der Waals surface area contributed by atoms with Crippen LogP contribution in [-0.2, 0) is 6.18 Å². The average molecular weight is 661 g/mol. The van der Waals surface area contributed by atoms with E-state index < -0.39 is 38.6 Å². The lowest BCUT2D eigenvalue weighted by molar-refractivity contribution is -0.394. The number of nitro groups is 2. The van der Waals surface area contributed by atoms with Gasteiger partial charge in [-0.2, -0.15) is 13.2 Å². The lowest BCUT2D eigenvalue weighted by Crippen LogP contribution is -2.12. The Morgan fingerprint density at radius 3 is 2.07 bits per heavy atom. The molecular formula is C17H7Br2F3IN3O4. The van der Waals surface area contributed by atoms with Crippen LogP contribution < -0.4 is 5.32 Å². The van der Waals surface area contributed by atoms with Gasteiger partial charge in [0.25, 0.3) is 11.4 Å². The van der Waals surface area contributed by atoms with Crippen molar-refractivity contribution in [1.29, 1.82) is 0 Å². The van der Waals surface area contributed by atoms with Crippen molar-refractivity contribution in [1.82, 2.24) is 0 Å². The SMILES string of the molecule is O=[N+]([O-])c1cc([N+](=O)[O-])c(Nc2c(Br)c(I)c(Br)c3ccccc23)c(C(F)(F)F)c1. The predicted octanol–water partition coefficient (Wildman–Crippen LogP) is 7.55. The van der Waals surface area contributed by atoms with Crippen LogP contribution in [0.15, 0.2) is 45.3 Å². The average Bonchev–Trinajstić information content (AvgIpc) is 2.68. The van der Waals surface area contributed by atoms with Crippen LogP contribution in [0.25, 0.3) is 10.8 Å². The molecule has 0 unspecified atom stereocenters. The lowest BCUT2D eigenvalue weighted by Gasteiger charge is -2.18. The summed E-state index contributed by atoms with van der Waals surface area (Å²) in [4.78, 5) is 20.3. The third kappa shape index (κ3) is 4.09. The topological polar surface area (TPSA) is 98.3 Å². The Balaban J connectivity index is 2.38. The summed E-state index contributed by atoms with van der Waals surface area (Å²) in [5, 5.41) is 26.2. The fraction of sp³-hybridized carbons (Fsp3) is 0.0588. The van der Waals surface area contributed by atoms with Crippen molar-refractivity contribution in [2.45, 2.75) is 6.18 Å². The van der Waals surface area contributed by atoms with Gasteiger partial charge in [-0.1, -0.05) is 24.3 Å². The minimum Gasteiger partial charge on any atom is -0.348 e. The number of nitrogens with one attached hydrogen (secondary N) is 1. The molecule has 7 nitrogen and oxygen atoms in total. The molecule has 0 bridgehead atoms. The van der Waals surface area contributed by atoms with Crippen molar-refractivity contribution >= 4 is 88.0 Å². The molecule has 3 aromatic carbocycles. The Morgan fingerprint density at radius 1 is 0.933 bits per heavy atom. The zero-order valence-corrected chi connectivity index (χ0v) is 19.6. The van der Waals surface area contributed by atoms with Gasteiger partial charge < -0.3 is 5.32 Å². The van der Waals surface area contributed by atoms with Crippen molar-refractivity contribution in [3.8, 4) is 0 Å². The molecule has 13 heteroatoms. The van der Waals surface area contributed by atoms with Crippen LogP contribution in [-0.4, -0.2) is 9.85 Å². The highest BCUT2D eigenvalue weighted by Crippen LogP contribution is 2.47. The second-order valence-corrected chi connectivity index (χ2v) is 8.55. The molecule has 0 atom stereocenters. The number of benzene rings is 3. The first-order chi connectivity index (χ1) is 13.9. The Labute approximate surface area is 196 Å². The molecule has 0 radical (unpaired) electrons. The van der Waals surface area contributed by atoms with Gasteiger partial charge in [-0.3, -0.25) is 20.2 Å². The van der Waals surface area contributed by atoms with Crippen LogP contribution in [0.5, 0.6) is 0 Å². The summed E-state index contributed by atoms with van der Waals surface area (Å²) in [6, 6.07) is 7.53. The maximum Gasteiger partial charge on any atom is 0.418 e. The van der Waals surface area contributed by atoms with Crippen molar-refractivity contribution in [2.75, 3.05) is 5.32 Å². The molecule has 0 aromatic heterocycles. The molecule has 0 heterocycles. The van der Waals surface area contributed by atoms with E-state index in [0.717, 1.165) is 0 Å². The number of rotatable bonds is 4. The van der Waals surface area contributed by atoms with E-state index in [2.05, 4.69) is 37.2 Å². The zero-order valence-electron chi connectivity index (χ0n) is 14.3. The van der Waals surface area contributed by atoms with E-state index in [1.807, 2.05) is 22.6 Å². The van der Waals surface area contributed by atoms with Gasteiger partial charge in [0.15, 0.2) is 0 Å². The number of fused-ring (bicyclic) bond motifs is 1. The number of alkyl halides is 3. The van der Waals surface area contributed by atoms with Crippen LogP contribution in [0, 0.1) is 23.8 Å². The molecule has 0 fully saturated rings. The fourth-order valence-corrected chi connectivity index (χ4v) is 4.68. The highest BCUT2D eigenvalue weighted by Gasteiger charge is 2.40. The van der Waals surface area contributed by atoms with E-state index in [1.165, 1.54) is 0 Å². The molecule has 0 spiro atoms. The van der Waals surface area contributed by atoms with Gasteiger partial charge >= 0.3 is 6.18 Å². The quantitative estimate of drug-likeness (QED) is 0.135. The van der Waals surface area contributed by atoms with Gasteiger partial charge in [-0.05, 0) is 59.8 Å². The monoisotopic (exact) mass is 659 g/mol. The van der Waals surface area contributed by atoms with E-state index in [0.29, 0.717) is 29.4 Å². The minimum absolute atomic E-state index is 0.153. The van der Waals surface area contributed by atoms with Gasteiger partial charge in [0.05, 0.1) is 31.6 Å². The van der Waals surface area contributed by atoms with Crippen molar-refractivity contribution in [3.63, 3.8) is 0 Å². The highest BCUT2D eigenvalue weighted by molar-refractivity contribution is 14.1. The molecule has 3 rings (SSSR count). The van der Waals surface area contributed by atoms with Crippen molar-refractivity contribution in [2.24, 2.45) is 0 Å². The maximum absolute atomic E-state index is 13.7. The lowest BCUT2D eigenvalue weighted by atomic mass is 10.1. The molecule has 30 heavy (non-hydrogen) atoms. The second-order valence-electron chi connectivity index (χ2n) is 5.89. The number of nitrogens with zero attached hydrogens (tertiary/aromatic N) is 2. The summed E-state index contributed by atoms with van der Waals surface area (Å²) in [6.45, 7) is 0. The summed E-state index contributed by atoms with van der Waals surface area (Å²) < 4.78 is 42.7. The Kier molecular flexibility index (Phi) is 6.25. The summed E-state index contributed by atoms with van der Waals surface area (Å²) in [7, 11) is 0. The molecule has 0 aliphatic rings. The molecule has 0 saturated heterocycles. The van der Waals surface area contributed by atoms with Gasteiger partial charge in [0.2, 0.25) is 0 Å². The van der Waals surface area contributed by atoms with E-state index >= 15 is 0 Å². The predicted molar refractivity (Wildman–Crippen MR) is 120 cm³/mol. The fourth-order valence-electron chi connectivity index (χ4n) is 2.80. The summed E-state index contributed by atoms with van der Waals surface area (Å²) >= 11 is 8.72. The van der Waals surface area contributed by atoms with E-state index in [1.54, 1.807) is 24.3 Å². The van der Waals surface area contributed by atoms with Crippen LogP contribution in [0.3, 0.4) is 0 Å². The second kappa shape index (κ2) is 8.26. The van der Waals surface area contributed by atoms with Crippen LogP contribution in [0.2, 0.25) is 0 Å². The Bertz CT molecular complexity index is 1220. The first-order valence-electron chi connectivity index (χ1n) is 7.79. The number of anilines is 2. The molecule has 156 valence electrons. The zero-order chi connectivity index (χ0) is 22.4. The molecule has 0 amide bonds. The van der Waals surface area contributed by atoms with E-state index in [9.17, 15) is 33.4 Å².